The maximum atomic E-state index is 14.1. The second kappa shape index (κ2) is 10.2. The van der Waals surface area contributed by atoms with Gasteiger partial charge in [0.1, 0.15) is 11.6 Å². The van der Waals surface area contributed by atoms with Crippen LogP contribution in [0.2, 0.25) is 0 Å². The van der Waals surface area contributed by atoms with E-state index >= 15 is 0 Å². The lowest BCUT2D eigenvalue weighted by Crippen LogP contribution is -2.29. The Kier molecular flexibility index (Phi) is 6.62. The van der Waals surface area contributed by atoms with E-state index in [4.69, 9.17) is 17.0 Å². The fraction of sp³-hybridized carbons (Fsp3) is 0.290. The molecular weight excluding hydrogens is 495 g/mol. The van der Waals surface area contributed by atoms with Gasteiger partial charge in [-0.15, -0.1) is 0 Å². The first-order valence-corrected chi connectivity index (χ1v) is 13.6. The molecule has 6 rings (SSSR count). The number of pyridine rings is 1. The molecule has 7 heteroatoms. The van der Waals surface area contributed by atoms with Gasteiger partial charge in [0.15, 0.2) is 5.11 Å². The van der Waals surface area contributed by atoms with Crippen molar-refractivity contribution >= 4 is 23.0 Å². The normalized spacial score (nSPS) is 19.7. The fourth-order valence-corrected chi connectivity index (χ4v) is 6.28. The summed E-state index contributed by atoms with van der Waals surface area (Å²) in [5.41, 5.74) is 5.88. The van der Waals surface area contributed by atoms with E-state index in [1.54, 1.807) is 12.1 Å². The number of halogens is 1. The largest absolute Gasteiger partial charge is 0.490 e. The first-order chi connectivity index (χ1) is 18.5. The second-order valence-corrected chi connectivity index (χ2v) is 10.5. The summed E-state index contributed by atoms with van der Waals surface area (Å²) in [6.07, 6.45) is 6.84. The number of ether oxygens (including phenoxy) is 1. The second-order valence-electron chi connectivity index (χ2n) is 10.2. The van der Waals surface area contributed by atoms with Crippen LogP contribution in [-0.4, -0.2) is 20.8 Å². The minimum absolute atomic E-state index is 0.146. The summed E-state index contributed by atoms with van der Waals surface area (Å²) in [4.78, 5) is 6.85. The Morgan fingerprint density at radius 3 is 2.45 bits per heavy atom. The van der Waals surface area contributed by atoms with Crippen LogP contribution in [0.3, 0.4) is 0 Å². The quantitative estimate of drug-likeness (QED) is 0.271. The van der Waals surface area contributed by atoms with Crippen molar-refractivity contribution in [1.82, 2.24) is 14.9 Å². The van der Waals surface area contributed by atoms with Crippen LogP contribution in [0, 0.1) is 19.7 Å². The standard InChI is InChI=1S/C31H31FN4OS/c1-20-18-27(21(2)35(20)24-9-7-8-22(32)19-24)30-29(28-12-5-6-17-33-28)34-31(38)36(30)23-13-15-26(16-14-23)37-25-10-3-4-11-25/h5-9,12-19,25,29-30H,3-4,10-11H2,1-2H3,(H,34,38)/t29-,30-/m1/s1. The van der Waals surface area contributed by atoms with Gasteiger partial charge in [-0.05, 0) is 118 Å². The number of nitrogens with one attached hydrogen (secondary N) is 1. The van der Waals surface area contributed by atoms with Gasteiger partial charge < -0.3 is 19.5 Å². The molecule has 1 aliphatic heterocycles. The highest BCUT2D eigenvalue weighted by Gasteiger charge is 2.42. The molecule has 2 aromatic heterocycles. The van der Waals surface area contributed by atoms with Gasteiger partial charge in [0, 0.05) is 29.0 Å². The van der Waals surface area contributed by atoms with Gasteiger partial charge in [-0.2, -0.15) is 0 Å². The molecule has 1 saturated carbocycles. The van der Waals surface area contributed by atoms with Gasteiger partial charge in [0.2, 0.25) is 0 Å². The Bertz CT molecular complexity index is 1450. The first kappa shape index (κ1) is 24.6. The Morgan fingerprint density at radius 1 is 0.947 bits per heavy atom. The molecule has 194 valence electrons. The molecular formula is C31H31FN4OS. The molecule has 0 radical (unpaired) electrons. The SMILES string of the molecule is Cc1cc([C@@H]2[C@@H](c3ccccn3)NC(=S)N2c2ccc(OC3CCCC3)cc2)c(C)n1-c1cccc(F)c1. The van der Waals surface area contributed by atoms with Gasteiger partial charge in [0.05, 0.1) is 23.9 Å². The average molecular weight is 527 g/mol. The van der Waals surface area contributed by atoms with Crippen LogP contribution < -0.4 is 15.0 Å². The number of aromatic nitrogens is 2. The van der Waals surface area contributed by atoms with Crippen LogP contribution in [0.25, 0.3) is 5.69 Å². The Balaban J connectivity index is 1.41. The molecule has 2 atom stereocenters. The Labute approximate surface area is 228 Å². The predicted octanol–water partition coefficient (Wildman–Crippen LogP) is 7.13. The summed E-state index contributed by atoms with van der Waals surface area (Å²) in [6, 6.07) is 22.8. The number of benzene rings is 2. The highest BCUT2D eigenvalue weighted by molar-refractivity contribution is 7.80. The minimum atomic E-state index is -0.256. The summed E-state index contributed by atoms with van der Waals surface area (Å²) in [7, 11) is 0. The third kappa shape index (κ3) is 4.56. The van der Waals surface area contributed by atoms with E-state index in [1.807, 2.05) is 42.6 Å². The number of anilines is 1. The molecule has 1 aliphatic carbocycles. The topological polar surface area (TPSA) is 42.3 Å². The zero-order chi connectivity index (χ0) is 26.2. The molecule has 1 N–H and O–H groups in total. The van der Waals surface area contributed by atoms with Crippen LogP contribution in [0.15, 0.2) is 79.0 Å². The maximum Gasteiger partial charge on any atom is 0.174 e. The molecule has 5 nitrogen and oxygen atoms in total. The molecule has 0 amide bonds. The van der Waals surface area contributed by atoms with E-state index in [-0.39, 0.29) is 17.9 Å². The lowest BCUT2D eigenvalue weighted by atomic mass is 9.96. The molecule has 0 spiro atoms. The van der Waals surface area contributed by atoms with E-state index in [0.717, 1.165) is 52.6 Å². The van der Waals surface area contributed by atoms with Crippen molar-refractivity contribution < 1.29 is 9.13 Å². The molecule has 3 heterocycles. The van der Waals surface area contributed by atoms with Crippen LogP contribution in [0.5, 0.6) is 5.75 Å². The summed E-state index contributed by atoms with van der Waals surface area (Å²) >= 11 is 5.92. The Hall–Kier alpha value is -3.71. The average Bonchev–Trinajstić information content (AvgIpc) is 3.63. The number of hydrogen-bond donors (Lipinski definition) is 1. The lowest BCUT2D eigenvalue weighted by Gasteiger charge is -2.28. The van der Waals surface area contributed by atoms with E-state index < -0.39 is 0 Å². The third-order valence-corrected chi connectivity index (χ3v) is 7.99. The molecule has 2 fully saturated rings. The number of thiocarbonyl (C=S) groups is 1. The molecule has 2 aliphatic rings. The van der Waals surface area contributed by atoms with Gasteiger partial charge in [-0.1, -0.05) is 12.1 Å². The maximum absolute atomic E-state index is 14.1. The zero-order valence-electron chi connectivity index (χ0n) is 21.6. The number of hydrogen-bond acceptors (Lipinski definition) is 3. The minimum Gasteiger partial charge on any atom is -0.490 e. The molecule has 2 aromatic carbocycles. The highest BCUT2D eigenvalue weighted by atomic mass is 32.1. The molecule has 0 unspecified atom stereocenters. The zero-order valence-corrected chi connectivity index (χ0v) is 22.4. The van der Waals surface area contributed by atoms with Crippen LogP contribution in [-0.2, 0) is 0 Å². The van der Waals surface area contributed by atoms with Crippen molar-refractivity contribution in [2.24, 2.45) is 0 Å². The van der Waals surface area contributed by atoms with Crippen molar-refractivity contribution in [2.75, 3.05) is 4.90 Å². The summed E-state index contributed by atoms with van der Waals surface area (Å²) in [5, 5.41) is 4.18. The molecule has 38 heavy (non-hydrogen) atoms. The van der Waals surface area contributed by atoms with Gasteiger partial charge in [-0.3, -0.25) is 4.98 Å². The summed E-state index contributed by atoms with van der Waals surface area (Å²) in [6.45, 7) is 4.14. The van der Waals surface area contributed by atoms with Crippen LogP contribution >= 0.6 is 12.2 Å². The van der Waals surface area contributed by atoms with Crippen molar-refractivity contribution in [3.8, 4) is 11.4 Å². The van der Waals surface area contributed by atoms with Crippen LogP contribution in [0.4, 0.5) is 10.1 Å². The fourth-order valence-electron chi connectivity index (χ4n) is 5.93. The van der Waals surface area contributed by atoms with Crippen molar-refractivity contribution in [2.45, 2.75) is 57.7 Å². The lowest BCUT2D eigenvalue weighted by molar-refractivity contribution is 0.210. The molecule has 0 bridgehead atoms. The predicted molar refractivity (Wildman–Crippen MR) is 152 cm³/mol. The van der Waals surface area contributed by atoms with Crippen molar-refractivity contribution in [3.63, 3.8) is 0 Å². The van der Waals surface area contributed by atoms with Crippen molar-refractivity contribution in [3.05, 3.63) is 107 Å². The molecule has 4 aromatic rings. The first-order valence-electron chi connectivity index (χ1n) is 13.2. The van der Waals surface area contributed by atoms with E-state index in [9.17, 15) is 4.39 Å². The summed E-state index contributed by atoms with van der Waals surface area (Å²) < 4.78 is 22.4. The van der Waals surface area contributed by atoms with E-state index in [0.29, 0.717) is 11.2 Å². The van der Waals surface area contributed by atoms with Crippen molar-refractivity contribution in [1.29, 1.82) is 0 Å². The Morgan fingerprint density at radius 2 is 1.74 bits per heavy atom. The number of nitrogens with zero attached hydrogens (tertiary/aromatic N) is 3. The van der Waals surface area contributed by atoms with Crippen LogP contribution in [0.1, 0.15) is 60.4 Å². The smallest absolute Gasteiger partial charge is 0.174 e. The van der Waals surface area contributed by atoms with E-state index in [1.165, 1.54) is 18.9 Å². The highest BCUT2D eigenvalue weighted by Crippen LogP contribution is 2.44. The van der Waals surface area contributed by atoms with Gasteiger partial charge >= 0.3 is 0 Å². The van der Waals surface area contributed by atoms with Gasteiger partial charge in [-0.25, -0.2) is 4.39 Å². The van der Waals surface area contributed by atoms with E-state index in [2.05, 4.69) is 51.8 Å². The van der Waals surface area contributed by atoms with Gasteiger partial charge in [0.25, 0.3) is 0 Å². The monoisotopic (exact) mass is 526 g/mol. The number of aryl methyl sites for hydroxylation is 1. The third-order valence-electron chi connectivity index (χ3n) is 7.67. The summed E-state index contributed by atoms with van der Waals surface area (Å²) in [5.74, 6) is 0.633. The number of rotatable bonds is 6. The molecule has 1 saturated heterocycles.